The molecule has 0 spiro atoms. The van der Waals surface area contributed by atoms with Gasteiger partial charge in [0.1, 0.15) is 11.8 Å². The third kappa shape index (κ3) is 4.41. The molecule has 162 valence electrons. The Balaban J connectivity index is 1.50. The molecule has 2 aromatic rings. The molecule has 2 atom stereocenters. The lowest BCUT2D eigenvalue weighted by Crippen LogP contribution is -2.63. The largest absolute Gasteiger partial charge is 0.327 e. The number of imide groups is 1. The standard InChI is InChI=1S/C23H25N3O3S2/c1-14-11-15(2)20(16(3)12-14)24-19(27)13-26-18-7-10-31-21(18)22(28)25(23(26)29)8-6-17-5-4-9-30-17/h4-5,7,9-12,18,21H,6,8,13H2,1-3H3,(H,24,27). The summed E-state index contributed by atoms with van der Waals surface area (Å²) in [4.78, 5) is 43.0. The molecule has 0 radical (unpaired) electrons. The Labute approximate surface area is 190 Å². The van der Waals surface area contributed by atoms with Crippen molar-refractivity contribution in [2.24, 2.45) is 0 Å². The third-order valence-corrected chi connectivity index (χ3v) is 7.60. The van der Waals surface area contributed by atoms with Crippen molar-refractivity contribution >= 4 is 46.6 Å². The summed E-state index contributed by atoms with van der Waals surface area (Å²) in [5, 5.41) is 6.41. The van der Waals surface area contributed by atoms with Gasteiger partial charge in [0.15, 0.2) is 0 Å². The highest BCUT2D eigenvalue weighted by Gasteiger charge is 2.47. The zero-order valence-corrected chi connectivity index (χ0v) is 19.4. The van der Waals surface area contributed by atoms with E-state index < -0.39 is 17.3 Å². The second-order valence-electron chi connectivity index (χ2n) is 7.93. The first-order chi connectivity index (χ1) is 14.8. The van der Waals surface area contributed by atoms with Crippen LogP contribution in [-0.4, -0.2) is 52.0 Å². The molecule has 1 saturated heterocycles. The predicted octanol–water partition coefficient (Wildman–Crippen LogP) is 4.12. The lowest BCUT2D eigenvalue weighted by atomic mass is 10.0. The van der Waals surface area contributed by atoms with E-state index in [1.165, 1.54) is 21.6 Å². The van der Waals surface area contributed by atoms with Crippen molar-refractivity contribution in [2.75, 3.05) is 18.4 Å². The average Bonchev–Trinajstić information content (AvgIpc) is 3.40. The molecule has 4 amide bonds. The summed E-state index contributed by atoms with van der Waals surface area (Å²) in [6, 6.07) is 7.20. The number of anilines is 1. The Morgan fingerprint density at radius 2 is 1.90 bits per heavy atom. The number of nitrogens with one attached hydrogen (secondary N) is 1. The summed E-state index contributed by atoms with van der Waals surface area (Å²) >= 11 is 3.02. The Kier molecular flexibility index (Phi) is 6.20. The topological polar surface area (TPSA) is 69.7 Å². The molecule has 1 fully saturated rings. The first-order valence-corrected chi connectivity index (χ1v) is 12.0. The zero-order valence-electron chi connectivity index (χ0n) is 17.8. The number of carbonyl (C=O) groups is 3. The summed E-state index contributed by atoms with van der Waals surface area (Å²) in [7, 11) is 0. The number of nitrogens with zero attached hydrogens (tertiary/aromatic N) is 2. The van der Waals surface area contributed by atoms with Gasteiger partial charge in [-0.05, 0) is 55.2 Å². The number of thioether (sulfide) groups is 1. The summed E-state index contributed by atoms with van der Waals surface area (Å²) < 4.78 is 0. The van der Waals surface area contributed by atoms with Gasteiger partial charge in [0.05, 0.1) is 6.04 Å². The predicted molar refractivity (Wildman–Crippen MR) is 125 cm³/mol. The quantitative estimate of drug-likeness (QED) is 0.712. The fourth-order valence-corrected chi connectivity index (χ4v) is 5.92. The molecular weight excluding hydrogens is 430 g/mol. The lowest BCUT2D eigenvalue weighted by Gasteiger charge is -2.40. The fourth-order valence-electron chi connectivity index (χ4n) is 4.16. The Bertz CT molecular complexity index is 1030. The molecule has 1 N–H and O–H groups in total. The minimum atomic E-state index is -0.401. The van der Waals surface area contributed by atoms with Crippen molar-refractivity contribution in [2.45, 2.75) is 38.5 Å². The number of carbonyl (C=O) groups excluding carboxylic acids is 3. The van der Waals surface area contributed by atoms with E-state index in [2.05, 4.69) is 5.32 Å². The molecule has 1 aromatic carbocycles. The van der Waals surface area contributed by atoms with E-state index >= 15 is 0 Å². The van der Waals surface area contributed by atoms with E-state index in [0.717, 1.165) is 27.3 Å². The summed E-state index contributed by atoms with van der Waals surface area (Å²) in [6.07, 6.45) is 2.46. The molecule has 0 aliphatic carbocycles. The number of amides is 4. The van der Waals surface area contributed by atoms with Crippen molar-refractivity contribution < 1.29 is 14.4 Å². The Hall–Kier alpha value is -2.58. The number of rotatable bonds is 6. The Morgan fingerprint density at radius 1 is 1.16 bits per heavy atom. The second kappa shape index (κ2) is 8.88. The van der Waals surface area contributed by atoms with E-state index in [-0.39, 0.29) is 18.4 Å². The third-order valence-electron chi connectivity index (χ3n) is 5.57. The molecule has 3 heterocycles. The van der Waals surface area contributed by atoms with Gasteiger partial charge in [0.2, 0.25) is 11.8 Å². The number of fused-ring (bicyclic) bond motifs is 1. The number of aryl methyl sites for hydroxylation is 3. The van der Waals surface area contributed by atoms with E-state index in [1.807, 2.05) is 61.9 Å². The van der Waals surface area contributed by atoms with Gasteiger partial charge >= 0.3 is 6.03 Å². The summed E-state index contributed by atoms with van der Waals surface area (Å²) in [5.41, 5.74) is 3.88. The number of benzene rings is 1. The van der Waals surface area contributed by atoms with Gasteiger partial charge in [-0.2, -0.15) is 0 Å². The van der Waals surface area contributed by atoms with Crippen molar-refractivity contribution in [3.8, 4) is 0 Å². The zero-order chi connectivity index (χ0) is 22.1. The molecule has 0 saturated carbocycles. The highest BCUT2D eigenvalue weighted by atomic mass is 32.2. The van der Waals surface area contributed by atoms with Crippen molar-refractivity contribution in [3.05, 3.63) is 62.7 Å². The smallest absolute Gasteiger partial charge is 0.324 e. The average molecular weight is 456 g/mol. The van der Waals surface area contributed by atoms with Gasteiger partial charge < -0.3 is 10.2 Å². The van der Waals surface area contributed by atoms with Gasteiger partial charge in [-0.25, -0.2) is 4.79 Å². The van der Waals surface area contributed by atoms with Crippen LogP contribution in [0, 0.1) is 20.8 Å². The van der Waals surface area contributed by atoms with E-state index in [4.69, 9.17) is 0 Å². The molecule has 4 rings (SSSR count). The van der Waals surface area contributed by atoms with E-state index in [0.29, 0.717) is 13.0 Å². The van der Waals surface area contributed by atoms with Gasteiger partial charge in [-0.3, -0.25) is 14.5 Å². The van der Waals surface area contributed by atoms with Gasteiger partial charge in [0.25, 0.3) is 0 Å². The van der Waals surface area contributed by atoms with Crippen LogP contribution in [0.5, 0.6) is 0 Å². The number of hydrogen-bond donors (Lipinski definition) is 1. The van der Waals surface area contributed by atoms with Crippen LogP contribution in [-0.2, 0) is 16.0 Å². The van der Waals surface area contributed by atoms with Crippen LogP contribution in [0.3, 0.4) is 0 Å². The maximum absolute atomic E-state index is 13.2. The van der Waals surface area contributed by atoms with Crippen molar-refractivity contribution in [1.82, 2.24) is 9.80 Å². The van der Waals surface area contributed by atoms with Crippen molar-refractivity contribution in [1.29, 1.82) is 0 Å². The monoisotopic (exact) mass is 455 g/mol. The fraction of sp³-hybridized carbons (Fsp3) is 0.348. The van der Waals surface area contributed by atoms with Crippen LogP contribution in [0.4, 0.5) is 10.5 Å². The molecular formula is C23H25N3O3S2. The number of thiophene rings is 1. The number of hydrogen-bond acceptors (Lipinski definition) is 5. The van der Waals surface area contributed by atoms with E-state index in [1.54, 1.807) is 11.3 Å². The van der Waals surface area contributed by atoms with Crippen LogP contribution in [0.25, 0.3) is 0 Å². The van der Waals surface area contributed by atoms with Gasteiger partial charge in [-0.15, -0.1) is 23.1 Å². The summed E-state index contributed by atoms with van der Waals surface area (Å²) in [6.45, 7) is 6.15. The van der Waals surface area contributed by atoms with Gasteiger partial charge in [-0.1, -0.05) is 29.8 Å². The molecule has 8 heteroatoms. The normalized spacial score (nSPS) is 20.4. The molecule has 6 nitrogen and oxygen atoms in total. The maximum Gasteiger partial charge on any atom is 0.327 e. The summed E-state index contributed by atoms with van der Waals surface area (Å²) in [5.74, 6) is -0.441. The molecule has 2 unspecified atom stereocenters. The minimum absolute atomic E-state index is 0.0968. The highest BCUT2D eigenvalue weighted by Crippen LogP contribution is 2.34. The highest BCUT2D eigenvalue weighted by molar-refractivity contribution is 8.03. The Morgan fingerprint density at radius 3 is 2.58 bits per heavy atom. The minimum Gasteiger partial charge on any atom is -0.324 e. The first kappa shape index (κ1) is 21.6. The molecule has 1 aromatic heterocycles. The van der Waals surface area contributed by atoms with Crippen LogP contribution in [0.1, 0.15) is 21.6 Å². The van der Waals surface area contributed by atoms with Crippen LogP contribution >= 0.6 is 23.1 Å². The van der Waals surface area contributed by atoms with Crippen LogP contribution < -0.4 is 5.32 Å². The molecule has 31 heavy (non-hydrogen) atoms. The van der Waals surface area contributed by atoms with Crippen molar-refractivity contribution in [3.63, 3.8) is 0 Å². The number of urea groups is 1. The van der Waals surface area contributed by atoms with Crippen LogP contribution in [0.15, 0.2) is 41.1 Å². The van der Waals surface area contributed by atoms with E-state index in [9.17, 15) is 14.4 Å². The lowest BCUT2D eigenvalue weighted by molar-refractivity contribution is -0.132. The van der Waals surface area contributed by atoms with Gasteiger partial charge in [0, 0.05) is 17.1 Å². The van der Waals surface area contributed by atoms with Crippen LogP contribution in [0.2, 0.25) is 0 Å². The molecule has 0 bridgehead atoms. The maximum atomic E-state index is 13.2. The molecule has 2 aliphatic heterocycles. The second-order valence-corrected chi connectivity index (χ2v) is 10.0. The first-order valence-electron chi connectivity index (χ1n) is 10.2. The molecule has 2 aliphatic rings. The SMILES string of the molecule is Cc1cc(C)c(NC(=O)CN2C(=O)N(CCc3cccs3)C(=O)C3SC=CC32)c(C)c1.